The Morgan fingerprint density at radius 1 is 0.952 bits per heavy atom. The molecule has 0 fully saturated rings. The van der Waals surface area contributed by atoms with Crippen LogP contribution in [-0.2, 0) is 0 Å². The van der Waals surface area contributed by atoms with Crippen LogP contribution in [0.1, 0.15) is 27.0 Å². The highest BCUT2D eigenvalue weighted by molar-refractivity contribution is 6.06. The Labute approximate surface area is 121 Å². The van der Waals surface area contributed by atoms with E-state index in [4.69, 9.17) is 5.73 Å². The number of anilines is 2. The average molecular weight is 290 g/mol. The molecule has 0 atom stereocenters. The normalized spacial score (nSPS) is 10.5. The van der Waals surface area contributed by atoms with Gasteiger partial charge in [-0.2, -0.15) is 0 Å². The van der Waals surface area contributed by atoms with Crippen LogP contribution in [0.5, 0.6) is 0 Å². The van der Waals surface area contributed by atoms with E-state index in [-0.39, 0.29) is 11.1 Å². The van der Waals surface area contributed by atoms with E-state index >= 15 is 0 Å². The van der Waals surface area contributed by atoms with Gasteiger partial charge in [0.1, 0.15) is 11.6 Å². The minimum atomic E-state index is -0.905. The van der Waals surface area contributed by atoms with Crippen molar-refractivity contribution in [3.05, 3.63) is 58.2 Å². The van der Waals surface area contributed by atoms with Gasteiger partial charge in [0.05, 0.1) is 16.9 Å². The predicted octanol–water partition coefficient (Wildman–Crippen LogP) is 3.72. The van der Waals surface area contributed by atoms with Crippen LogP contribution in [0.3, 0.4) is 0 Å². The minimum Gasteiger partial charge on any atom is -0.397 e. The van der Waals surface area contributed by atoms with Gasteiger partial charge in [-0.25, -0.2) is 8.78 Å². The summed E-state index contributed by atoms with van der Waals surface area (Å²) in [5.41, 5.74) is 8.58. The number of nitrogen functional groups attached to an aromatic ring is 1. The Hall–Kier alpha value is -2.43. The van der Waals surface area contributed by atoms with Gasteiger partial charge >= 0.3 is 0 Å². The summed E-state index contributed by atoms with van der Waals surface area (Å²) in [7, 11) is 0. The van der Waals surface area contributed by atoms with Gasteiger partial charge in [0.2, 0.25) is 0 Å². The number of carbonyl (C=O) groups excluding carboxylic acids is 1. The van der Waals surface area contributed by atoms with E-state index in [1.54, 1.807) is 12.1 Å². The van der Waals surface area contributed by atoms with Crippen LogP contribution < -0.4 is 11.1 Å². The minimum absolute atomic E-state index is 0.203. The Bertz CT molecular complexity index is 727. The third-order valence-corrected chi connectivity index (χ3v) is 3.41. The fraction of sp³-hybridized carbons (Fsp3) is 0.188. The zero-order chi connectivity index (χ0) is 15.7. The topological polar surface area (TPSA) is 55.1 Å². The van der Waals surface area contributed by atoms with Gasteiger partial charge in [0.15, 0.2) is 0 Å². The summed E-state index contributed by atoms with van der Waals surface area (Å²) in [4.78, 5) is 12.1. The van der Waals surface area contributed by atoms with Gasteiger partial charge in [-0.05, 0) is 55.7 Å². The Balaban J connectivity index is 2.35. The second-order valence-electron chi connectivity index (χ2n) is 5.06. The average Bonchev–Trinajstić information content (AvgIpc) is 2.40. The first-order valence-corrected chi connectivity index (χ1v) is 6.43. The summed E-state index contributed by atoms with van der Waals surface area (Å²) < 4.78 is 26.9. The number of rotatable bonds is 2. The molecule has 110 valence electrons. The van der Waals surface area contributed by atoms with Gasteiger partial charge in [-0.1, -0.05) is 0 Å². The molecule has 0 aliphatic heterocycles. The second-order valence-corrected chi connectivity index (χ2v) is 5.06. The Kier molecular flexibility index (Phi) is 3.93. The molecule has 21 heavy (non-hydrogen) atoms. The number of nitrogens with one attached hydrogen (secondary N) is 1. The van der Waals surface area contributed by atoms with Crippen LogP contribution in [0.25, 0.3) is 0 Å². The van der Waals surface area contributed by atoms with E-state index in [9.17, 15) is 13.6 Å². The highest BCUT2D eigenvalue weighted by Gasteiger charge is 2.16. The molecule has 2 aromatic rings. The van der Waals surface area contributed by atoms with Crippen LogP contribution in [0, 0.1) is 32.4 Å². The molecule has 0 aromatic heterocycles. The third-order valence-electron chi connectivity index (χ3n) is 3.41. The highest BCUT2D eigenvalue weighted by Crippen LogP contribution is 2.24. The number of hydrogen-bond acceptors (Lipinski definition) is 2. The summed E-state index contributed by atoms with van der Waals surface area (Å²) in [6, 6.07) is 5.33. The molecule has 3 nitrogen and oxygen atoms in total. The zero-order valence-electron chi connectivity index (χ0n) is 12.1. The highest BCUT2D eigenvalue weighted by atomic mass is 19.1. The van der Waals surface area contributed by atoms with E-state index < -0.39 is 17.5 Å². The summed E-state index contributed by atoms with van der Waals surface area (Å²) in [5, 5.41) is 2.56. The summed E-state index contributed by atoms with van der Waals surface area (Å²) >= 11 is 0. The SMILES string of the molecule is Cc1cc(N)c(NC(=O)c2cc(C)c(F)cc2F)cc1C. The number of halogens is 2. The third kappa shape index (κ3) is 3.02. The molecular weight excluding hydrogens is 274 g/mol. The van der Waals surface area contributed by atoms with E-state index in [1.807, 2.05) is 13.8 Å². The lowest BCUT2D eigenvalue weighted by Gasteiger charge is -2.12. The van der Waals surface area contributed by atoms with Crippen molar-refractivity contribution in [3.63, 3.8) is 0 Å². The summed E-state index contributed by atoms with van der Waals surface area (Å²) in [6.45, 7) is 5.25. The number of amides is 1. The van der Waals surface area contributed by atoms with Crippen LogP contribution >= 0.6 is 0 Å². The number of hydrogen-bond donors (Lipinski definition) is 2. The summed E-state index contributed by atoms with van der Waals surface area (Å²) in [6.07, 6.45) is 0. The van der Waals surface area contributed by atoms with Crippen molar-refractivity contribution in [2.45, 2.75) is 20.8 Å². The molecule has 0 saturated carbocycles. The second kappa shape index (κ2) is 5.52. The first-order chi connectivity index (χ1) is 9.79. The van der Waals surface area contributed by atoms with Crippen molar-refractivity contribution >= 4 is 17.3 Å². The monoisotopic (exact) mass is 290 g/mol. The van der Waals surface area contributed by atoms with Crippen molar-refractivity contribution in [2.75, 3.05) is 11.1 Å². The quantitative estimate of drug-likeness (QED) is 0.828. The smallest absolute Gasteiger partial charge is 0.258 e. The predicted molar refractivity (Wildman–Crippen MR) is 79.4 cm³/mol. The molecule has 3 N–H and O–H groups in total. The van der Waals surface area contributed by atoms with E-state index in [2.05, 4.69) is 5.32 Å². The van der Waals surface area contributed by atoms with Gasteiger partial charge in [0.25, 0.3) is 5.91 Å². The fourth-order valence-electron chi connectivity index (χ4n) is 1.97. The number of aryl methyl sites for hydroxylation is 3. The van der Waals surface area contributed by atoms with Crippen LogP contribution in [0.2, 0.25) is 0 Å². The van der Waals surface area contributed by atoms with Crippen molar-refractivity contribution in [2.24, 2.45) is 0 Å². The number of benzene rings is 2. The van der Waals surface area contributed by atoms with E-state index in [0.29, 0.717) is 17.4 Å². The molecule has 2 aromatic carbocycles. The van der Waals surface area contributed by atoms with Gasteiger partial charge in [-0.15, -0.1) is 0 Å². The molecule has 5 heteroatoms. The maximum absolute atomic E-state index is 13.7. The Morgan fingerprint density at radius 2 is 1.57 bits per heavy atom. The number of carbonyl (C=O) groups is 1. The molecule has 0 radical (unpaired) electrons. The largest absolute Gasteiger partial charge is 0.397 e. The maximum Gasteiger partial charge on any atom is 0.258 e. The van der Waals surface area contributed by atoms with E-state index in [1.165, 1.54) is 13.0 Å². The number of nitrogens with two attached hydrogens (primary N) is 1. The van der Waals surface area contributed by atoms with E-state index in [0.717, 1.165) is 11.1 Å². The first-order valence-electron chi connectivity index (χ1n) is 6.43. The van der Waals surface area contributed by atoms with Crippen molar-refractivity contribution in [1.29, 1.82) is 0 Å². The molecule has 0 saturated heterocycles. The molecule has 0 spiro atoms. The Morgan fingerprint density at radius 3 is 2.24 bits per heavy atom. The van der Waals surface area contributed by atoms with Gasteiger partial charge < -0.3 is 11.1 Å². The molecule has 0 bridgehead atoms. The molecule has 0 aliphatic carbocycles. The van der Waals surface area contributed by atoms with Gasteiger partial charge in [0, 0.05) is 6.07 Å². The zero-order valence-corrected chi connectivity index (χ0v) is 12.1. The van der Waals surface area contributed by atoms with Crippen LogP contribution in [0.15, 0.2) is 24.3 Å². The molecule has 0 heterocycles. The standard InChI is InChI=1S/C16H16F2N2O/c1-8-5-14(19)15(6-9(8)2)20-16(21)11-4-10(3)12(17)7-13(11)18/h4-7H,19H2,1-3H3,(H,20,21). The first kappa shape index (κ1) is 15.0. The van der Waals surface area contributed by atoms with Crippen LogP contribution in [0.4, 0.5) is 20.2 Å². The lowest BCUT2D eigenvalue weighted by molar-refractivity contribution is 0.102. The van der Waals surface area contributed by atoms with Gasteiger partial charge in [-0.3, -0.25) is 4.79 Å². The van der Waals surface area contributed by atoms with Crippen LogP contribution in [-0.4, -0.2) is 5.91 Å². The summed E-state index contributed by atoms with van der Waals surface area (Å²) in [5.74, 6) is -2.25. The maximum atomic E-state index is 13.7. The molecular formula is C16H16F2N2O. The lowest BCUT2D eigenvalue weighted by atomic mass is 10.1. The molecule has 0 unspecified atom stereocenters. The lowest BCUT2D eigenvalue weighted by Crippen LogP contribution is -2.16. The fourth-order valence-corrected chi connectivity index (χ4v) is 1.97. The molecule has 1 amide bonds. The molecule has 0 aliphatic rings. The van der Waals surface area contributed by atoms with Crippen molar-refractivity contribution < 1.29 is 13.6 Å². The molecule has 2 rings (SSSR count). The van der Waals surface area contributed by atoms with Crippen molar-refractivity contribution in [1.82, 2.24) is 0 Å². The van der Waals surface area contributed by atoms with Crippen molar-refractivity contribution in [3.8, 4) is 0 Å².